The molecular formula is C24H26N6O. The van der Waals surface area contributed by atoms with Crippen LogP contribution in [0.15, 0.2) is 67.4 Å². The summed E-state index contributed by atoms with van der Waals surface area (Å²) in [5.74, 6) is 0.279. The van der Waals surface area contributed by atoms with E-state index >= 15 is 0 Å². The van der Waals surface area contributed by atoms with Crippen LogP contribution < -0.4 is 5.32 Å². The topological polar surface area (TPSA) is 85.6 Å². The molecule has 0 aliphatic heterocycles. The summed E-state index contributed by atoms with van der Waals surface area (Å²) in [6.45, 7) is 11.9. The lowest BCUT2D eigenvalue weighted by Gasteiger charge is -2.08. The summed E-state index contributed by atoms with van der Waals surface area (Å²) in [4.78, 5) is 24.9. The molecule has 3 aromatic heterocycles. The van der Waals surface area contributed by atoms with Gasteiger partial charge in [0.25, 0.3) is 0 Å². The van der Waals surface area contributed by atoms with Crippen LogP contribution in [-0.2, 0) is 11.3 Å². The van der Waals surface area contributed by atoms with E-state index in [-0.39, 0.29) is 12.5 Å². The second-order valence-electron chi connectivity index (χ2n) is 7.39. The van der Waals surface area contributed by atoms with Gasteiger partial charge < -0.3 is 5.32 Å². The van der Waals surface area contributed by atoms with Gasteiger partial charge in [0.2, 0.25) is 5.91 Å². The molecule has 158 valence electrons. The van der Waals surface area contributed by atoms with Gasteiger partial charge in [-0.15, -0.1) is 0 Å². The zero-order chi connectivity index (χ0) is 22.4. The molecular weight excluding hydrogens is 388 g/mol. The highest BCUT2D eigenvalue weighted by molar-refractivity contribution is 5.90. The molecule has 0 fully saturated rings. The SMILES string of the molecule is C=C/C=C(\C=C(C)C)c1c(C)nn(CC(=O)Nc2ccc(-c3cncnc3)cn2)c1C. The number of pyridine rings is 1. The number of hydrogen-bond acceptors (Lipinski definition) is 5. The quantitative estimate of drug-likeness (QED) is 0.574. The summed E-state index contributed by atoms with van der Waals surface area (Å²) in [7, 11) is 0. The number of amides is 1. The van der Waals surface area contributed by atoms with Crippen molar-refractivity contribution >= 4 is 17.3 Å². The second kappa shape index (κ2) is 9.75. The lowest BCUT2D eigenvalue weighted by atomic mass is 10.0. The molecule has 7 heteroatoms. The normalized spacial score (nSPS) is 11.2. The van der Waals surface area contributed by atoms with Crippen LogP contribution in [0, 0.1) is 13.8 Å². The Morgan fingerprint density at radius 1 is 1.13 bits per heavy atom. The predicted octanol–water partition coefficient (Wildman–Crippen LogP) is 4.53. The Hall–Kier alpha value is -3.87. The van der Waals surface area contributed by atoms with Crippen LogP contribution in [0.3, 0.4) is 0 Å². The van der Waals surface area contributed by atoms with Gasteiger partial charge in [0.15, 0.2) is 0 Å². The van der Waals surface area contributed by atoms with Crippen LogP contribution >= 0.6 is 0 Å². The van der Waals surface area contributed by atoms with Crippen molar-refractivity contribution in [1.29, 1.82) is 0 Å². The van der Waals surface area contributed by atoms with E-state index < -0.39 is 0 Å². The third-order valence-electron chi connectivity index (χ3n) is 4.63. The van der Waals surface area contributed by atoms with Crippen LogP contribution in [0.5, 0.6) is 0 Å². The van der Waals surface area contributed by atoms with E-state index in [4.69, 9.17) is 0 Å². The smallest absolute Gasteiger partial charge is 0.247 e. The summed E-state index contributed by atoms with van der Waals surface area (Å²) in [6.07, 6.45) is 12.4. The molecule has 1 amide bonds. The molecule has 0 saturated heterocycles. The van der Waals surface area contributed by atoms with Crippen LogP contribution in [0.4, 0.5) is 5.82 Å². The van der Waals surface area contributed by atoms with Crippen LogP contribution in [0.2, 0.25) is 0 Å². The highest BCUT2D eigenvalue weighted by atomic mass is 16.2. The van der Waals surface area contributed by atoms with E-state index in [1.165, 1.54) is 11.9 Å². The molecule has 7 nitrogen and oxygen atoms in total. The minimum Gasteiger partial charge on any atom is -0.309 e. The molecule has 3 heterocycles. The van der Waals surface area contributed by atoms with Crippen LogP contribution in [0.25, 0.3) is 16.7 Å². The maximum atomic E-state index is 12.6. The van der Waals surface area contributed by atoms with Crippen molar-refractivity contribution in [2.24, 2.45) is 0 Å². The molecule has 3 aromatic rings. The van der Waals surface area contributed by atoms with Gasteiger partial charge in [0, 0.05) is 41.0 Å². The molecule has 0 aliphatic rings. The molecule has 0 radical (unpaired) electrons. The number of aryl methyl sites for hydroxylation is 1. The lowest BCUT2D eigenvalue weighted by Crippen LogP contribution is -2.21. The van der Waals surface area contributed by atoms with Gasteiger partial charge in [-0.3, -0.25) is 9.48 Å². The van der Waals surface area contributed by atoms with Crippen molar-refractivity contribution < 1.29 is 4.79 Å². The number of anilines is 1. The van der Waals surface area contributed by atoms with E-state index in [0.717, 1.165) is 33.7 Å². The van der Waals surface area contributed by atoms with Gasteiger partial charge in [-0.1, -0.05) is 30.4 Å². The highest BCUT2D eigenvalue weighted by Crippen LogP contribution is 2.25. The van der Waals surface area contributed by atoms with E-state index in [1.54, 1.807) is 35.4 Å². The third-order valence-corrected chi connectivity index (χ3v) is 4.63. The number of carbonyl (C=O) groups excluding carboxylic acids is 1. The molecule has 31 heavy (non-hydrogen) atoms. The van der Waals surface area contributed by atoms with Crippen molar-refractivity contribution in [1.82, 2.24) is 24.7 Å². The fourth-order valence-corrected chi connectivity index (χ4v) is 3.32. The molecule has 3 rings (SSSR count). The van der Waals surface area contributed by atoms with Gasteiger partial charge >= 0.3 is 0 Å². The van der Waals surface area contributed by atoms with Gasteiger partial charge in [-0.2, -0.15) is 5.10 Å². The molecule has 0 unspecified atom stereocenters. The van der Waals surface area contributed by atoms with Crippen molar-refractivity contribution in [3.8, 4) is 11.1 Å². The maximum absolute atomic E-state index is 12.6. The standard InChI is InChI=1S/C24H26N6O/c1-6-7-19(10-16(2)3)24-17(4)29-30(18(24)5)14-23(31)28-22-9-8-20(13-27-22)21-11-25-15-26-12-21/h6-13,15H,1,14H2,2-5H3,(H,27,28,31)/b19-7+. The Labute approximate surface area is 182 Å². The zero-order valence-electron chi connectivity index (χ0n) is 18.3. The van der Waals surface area contributed by atoms with Crippen molar-refractivity contribution in [2.75, 3.05) is 5.32 Å². The number of aromatic nitrogens is 5. The summed E-state index contributed by atoms with van der Waals surface area (Å²) >= 11 is 0. The van der Waals surface area contributed by atoms with Crippen LogP contribution in [0.1, 0.15) is 30.8 Å². The Bertz CT molecular complexity index is 1140. The van der Waals surface area contributed by atoms with Gasteiger partial charge in [-0.05, 0) is 45.4 Å². The summed E-state index contributed by atoms with van der Waals surface area (Å²) in [5.41, 5.74) is 6.74. The van der Waals surface area contributed by atoms with Crippen molar-refractivity contribution in [3.63, 3.8) is 0 Å². The van der Waals surface area contributed by atoms with Crippen LogP contribution in [-0.4, -0.2) is 30.6 Å². The summed E-state index contributed by atoms with van der Waals surface area (Å²) in [6, 6.07) is 3.63. The lowest BCUT2D eigenvalue weighted by molar-refractivity contribution is -0.117. The molecule has 1 N–H and O–H groups in total. The monoisotopic (exact) mass is 414 g/mol. The first kappa shape index (κ1) is 21.8. The first-order valence-corrected chi connectivity index (χ1v) is 9.92. The molecule has 0 aromatic carbocycles. The van der Waals surface area contributed by atoms with E-state index in [0.29, 0.717) is 5.82 Å². The Kier molecular flexibility index (Phi) is 6.87. The molecule has 0 aliphatic carbocycles. The maximum Gasteiger partial charge on any atom is 0.247 e. The third kappa shape index (κ3) is 5.39. The van der Waals surface area contributed by atoms with Crippen molar-refractivity contribution in [2.45, 2.75) is 34.2 Å². The van der Waals surface area contributed by atoms with E-state index in [1.807, 2.05) is 39.8 Å². The first-order chi connectivity index (χ1) is 14.9. The fourth-order valence-electron chi connectivity index (χ4n) is 3.32. The number of rotatable bonds is 7. The van der Waals surface area contributed by atoms with Gasteiger partial charge in [0.1, 0.15) is 18.7 Å². The van der Waals surface area contributed by atoms with Crippen molar-refractivity contribution in [3.05, 3.63) is 84.4 Å². The van der Waals surface area contributed by atoms with E-state index in [2.05, 4.69) is 38.0 Å². The number of carbonyl (C=O) groups is 1. The fraction of sp³-hybridized carbons (Fsp3) is 0.208. The molecule has 0 atom stereocenters. The largest absolute Gasteiger partial charge is 0.309 e. The summed E-state index contributed by atoms with van der Waals surface area (Å²) in [5, 5.41) is 7.40. The average Bonchev–Trinajstić information content (AvgIpc) is 3.01. The van der Waals surface area contributed by atoms with E-state index in [9.17, 15) is 4.79 Å². The van der Waals surface area contributed by atoms with Gasteiger partial charge in [-0.25, -0.2) is 15.0 Å². The molecule has 0 spiro atoms. The second-order valence-corrected chi connectivity index (χ2v) is 7.39. The summed E-state index contributed by atoms with van der Waals surface area (Å²) < 4.78 is 1.71. The molecule has 0 saturated carbocycles. The molecule has 0 bridgehead atoms. The predicted molar refractivity (Wildman–Crippen MR) is 123 cm³/mol. The Balaban J connectivity index is 1.75. The first-order valence-electron chi connectivity index (χ1n) is 9.92. The Morgan fingerprint density at radius 2 is 1.87 bits per heavy atom. The Morgan fingerprint density at radius 3 is 2.48 bits per heavy atom. The number of allylic oxidation sites excluding steroid dienone is 5. The zero-order valence-corrected chi connectivity index (χ0v) is 18.3. The number of nitrogens with one attached hydrogen (secondary N) is 1. The number of hydrogen-bond donors (Lipinski definition) is 1. The van der Waals surface area contributed by atoms with Gasteiger partial charge in [0.05, 0.1) is 5.69 Å². The highest BCUT2D eigenvalue weighted by Gasteiger charge is 2.16. The number of nitrogens with zero attached hydrogens (tertiary/aromatic N) is 5. The average molecular weight is 415 g/mol. The minimum atomic E-state index is -0.197. The minimum absolute atomic E-state index is 0.0961.